The van der Waals surface area contributed by atoms with E-state index in [-0.39, 0.29) is 5.82 Å². The molecule has 0 aliphatic carbocycles. The van der Waals surface area contributed by atoms with E-state index in [9.17, 15) is 4.39 Å². The number of methoxy groups -OCH3 is 1. The molecule has 1 saturated heterocycles. The summed E-state index contributed by atoms with van der Waals surface area (Å²) in [6, 6.07) is 4.51. The molecule has 1 aromatic carbocycles. The van der Waals surface area contributed by atoms with E-state index in [1.807, 2.05) is 0 Å². The lowest BCUT2D eigenvalue weighted by Crippen LogP contribution is -2.39. The Bertz CT molecular complexity index is 519. The fraction of sp³-hybridized carbons (Fsp3) is 0.562. The maximum atomic E-state index is 13.4. The molecule has 0 bridgehead atoms. The number of nitrogens with two attached hydrogens (primary N) is 1. The van der Waals surface area contributed by atoms with Crippen LogP contribution in [0.2, 0.25) is 0 Å². The van der Waals surface area contributed by atoms with Crippen LogP contribution in [0.1, 0.15) is 12.0 Å². The minimum Gasteiger partial charge on any atom is -0.497 e. The zero-order valence-electron chi connectivity index (χ0n) is 13.6. The van der Waals surface area contributed by atoms with Gasteiger partial charge in [-0.25, -0.2) is 9.38 Å². The number of hydrogen-bond donors (Lipinski definition) is 2. The van der Waals surface area contributed by atoms with Crippen LogP contribution in [0.25, 0.3) is 0 Å². The Morgan fingerprint density at radius 3 is 2.91 bits per heavy atom. The number of ether oxygens (including phenoxy) is 2. The second-order valence-corrected chi connectivity index (χ2v) is 5.44. The van der Waals surface area contributed by atoms with Crippen LogP contribution in [0, 0.1) is 5.82 Å². The highest BCUT2D eigenvalue weighted by Gasteiger charge is 2.09. The van der Waals surface area contributed by atoms with E-state index in [1.54, 1.807) is 6.07 Å². The third-order valence-corrected chi connectivity index (χ3v) is 3.66. The number of aliphatic imine (C=N–C) groups is 1. The number of nitrogens with one attached hydrogen (secondary N) is 1. The number of hydrogen-bond acceptors (Lipinski definition) is 4. The summed E-state index contributed by atoms with van der Waals surface area (Å²) in [6.07, 6.45) is 0.990. The fourth-order valence-corrected chi connectivity index (χ4v) is 2.41. The average molecular weight is 324 g/mol. The van der Waals surface area contributed by atoms with Gasteiger partial charge in [0.25, 0.3) is 0 Å². The highest BCUT2D eigenvalue weighted by atomic mass is 19.1. The molecule has 2 rings (SSSR count). The van der Waals surface area contributed by atoms with Crippen molar-refractivity contribution in [2.24, 2.45) is 10.7 Å². The van der Waals surface area contributed by atoms with Crippen molar-refractivity contribution in [3.8, 4) is 5.75 Å². The van der Waals surface area contributed by atoms with Crippen molar-refractivity contribution in [3.63, 3.8) is 0 Å². The van der Waals surface area contributed by atoms with Gasteiger partial charge < -0.3 is 20.5 Å². The fourth-order valence-electron chi connectivity index (χ4n) is 2.41. The standard InChI is InChI=1S/C16H25FN4O2/c1-22-15-10-13(9-14(17)11-15)12-20-16(18)19-3-2-4-21-5-7-23-8-6-21/h9-11H,2-8,12H2,1H3,(H3,18,19,20). The molecule has 0 radical (unpaired) electrons. The first-order valence-electron chi connectivity index (χ1n) is 7.85. The minimum atomic E-state index is -0.341. The van der Waals surface area contributed by atoms with Crippen LogP contribution in [-0.2, 0) is 11.3 Å². The smallest absolute Gasteiger partial charge is 0.188 e. The Hall–Kier alpha value is -1.86. The number of morpholine rings is 1. The van der Waals surface area contributed by atoms with Gasteiger partial charge in [-0.2, -0.15) is 0 Å². The first-order valence-corrected chi connectivity index (χ1v) is 7.85. The number of benzene rings is 1. The molecule has 1 aliphatic heterocycles. The molecule has 7 heteroatoms. The maximum Gasteiger partial charge on any atom is 0.188 e. The van der Waals surface area contributed by atoms with Crippen molar-refractivity contribution >= 4 is 5.96 Å². The molecule has 1 heterocycles. The van der Waals surface area contributed by atoms with Gasteiger partial charge in [0.15, 0.2) is 5.96 Å². The van der Waals surface area contributed by atoms with Gasteiger partial charge in [0.2, 0.25) is 0 Å². The lowest BCUT2D eigenvalue weighted by molar-refractivity contribution is 0.0376. The molecule has 0 unspecified atom stereocenters. The topological polar surface area (TPSA) is 72.1 Å². The van der Waals surface area contributed by atoms with Crippen LogP contribution in [0.3, 0.4) is 0 Å². The molecule has 6 nitrogen and oxygen atoms in total. The highest BCUT2D eigenvalue weighted by Crippen LogP contribution is 2.16. The maximum absolute atomic E-state index is 13.4. The summed E-state index contributed by atoms with van der Waals surface area (Å²) in [6.45, 7) is 5.71. The zero-order valence-corrected chi connectivity index (χ0v) is 13.6. The zero-order chi connectivity index (χ0) is 16.5. The monoisotopic (exact) mass is 324 g/mol. The van der Waals surface area contributed by atoms with E-state index in [1.165, 1.54) is 19.2 Å². The normalized spacial score (nSPS) is 16.3. The van der Waals surface area contributed by atoms with Crippen LogP contribution < -0.4 is 15.8 Å². The van der Waals surface area contributed by atoms with Crippen LogP contribution >= 0.6 is 0 Å². The van der Waals surface area contributed by atoms with Crippen LogP contribution in [0.5, 0.6) is 5.75 Å². The summed E-state index contributed by atoms with van der Waals surface area (Å²) in [7, 11) is 1.51. The van der Waals surface area contributed by atoms with Crippen LogP contribution in [-0.4, -0.2) is 57.4 Å². The summed E-state index contributed by atoms with van der Waals surface area (Å²) in [5.41, 5.74) is 6.55. The van der Waals surface area contributed by atoms with Gasteiger partial charge in [-0.15, -0.1) is 0 Å². The number of guanidine groups is 1. The lowest BCUT2D eigenvalue weighted by Gasteiger charge is -2.26. The van der Waals surface area contributed by atoms with Gasteiger partial charge >= 0.3 is 0 Å². The number of rotatable bonds is 7. The van der Waals surface area contributed by atoms with E-state index >= 15 is 0 Å². The van der Waals surface area contributed by atoms with Gasteiger partial charge in [0.05, 0.1) is 26.9 Å². The van der Waals surface area contributed by atoms with Crippen molar-refractivity contribution in [1.29, 1.82) is 0 Å². The Morgan fingerprint density at radius 1 is 1.39 bits per heavy atom. The third-order valence-electron chi connectivity index (χ3n) is 3.66. The molecule has 0 spiro atoms. The minimum absolute atomic E-state index is 0.316. The van der Waals surface area contributed by atoms with E-state index in [0.717, 1.165) is 51.4 Å². The summed E-state index contributed by atoms with van der Waals surface area (Å²) in [4.78, 5) is 6.60. The van der Waals surface area contributed by atoms with Crippen LogP contribution in [0.4, 0.5) is 4.39 Å². The third kappa shape index (κ3) is 6.42. The quantitative estimate of drug-likeness (QED) is 0.444. The predicted octanol–water partition coefficient (Wildman–Crippen LogP) is 0.961. The van der Waals surface area contributed by atoms with Gasteiger partial charge in [-0.3, -0.25) is 4.90 Å². The van der Waals surface area contributed by atoms with E-state index in [2.05, 4.69) is 15.2 Å². The number of nitrogens with zero attached hydrogens (tertiary/aromatic N) is 2. The Labute approximate surface area is 136 Å². The molecular weight excluding hydrogens is 299 g/mol. The van der Waals surface area contributed by atoms with Crippen molar-refractivity contribution in [1.82, 2.24) is 10.2 Å². The van der Waals surface area contributed by atoms with Crippen LogP contribution in [0.15, 0.2) is 23.2 Å². The summed E-state index contributed by atoms with van der Waals surface area (Å²) in [5.74, 6) is 0.508. The summed E-state index contributed by atoms with van der Waals surface area (Å²) < 4.78 is 23.7. The molecule has 0 atom stereocenters. The Morgan fingerprint density at radius 2 is 2.17 bits per heavy atom. The van der Waals surface area contributed by atoms with E-state index < -0.39 is 0 Å². The molecule has 1 aliphatic rings. The molecule has 3 N–H and O–H groups in total. The second-order valence-electron chi connectivity index (χ2n) is 5.44. The Kier molecular flexibility index (Phi) is 7.09. The molecular formula is C16H25FN4O2. The molecule has 0 aromatic heterocycles. The van der Waals surface area contributed by atoms with E-state index in [0.29, 0.717) is 18.3 Å². The summed E-state index contributed by atoms with van der Waals surface area (Å²) >= 11 is 0. The second kappa shape index (κ2) is 9.32. The highest BCUT2D eigenvalue weighted by molar-refractivity contribution is 5.77. The van der Waals surface area contributed by atoms with Crippen molar-refractivity contribution < 1.29 is 13.9 Å². The van der Waals surface area contributed by atoms with Gasteiger partial charge in [0.1, 0.15) is 11.6 Å². The lowest BCUT2D eigenvalue weighted by atomic mass is 10.2. The molecule has 23 heavy (non-hydrogen) atoms. The molecule has 1 fully saturated rings. The average Bonchev–Trinajstić information content (AvgIpc) is 2.57. The predicted molar refractivity (Wildman–Crippen MR) is 88.2 cm³/mol. The van der Waals surface area contributed by atoms with Gasteiger partial charge in [0, 0.05) is 25.7 Å². The van der Waals surface area contributed by atoms with Gasteiger partial charge in [-0.1, -0.05) is 0 Å². The first kappa shape index (κ1) is 17.5. The van der Waals surface area contributed by atoms with E-state index in [4.69, 9.17) is 15.2 Å². The largest absolute Gasteiger partial charge is 0.497 e. The first-order chi connectivity index (χ1) is 11.2. The number of halogens is 1. The summed E-state index contributed by atoms with van der Waals surface area (Å²) in [5, 5.41) is 3.08. The Balaban J connectivity index is 1.69. The van der Waals surface area contributed by atoms with Crippen molar-refractivity contribution in [2.75, 3.05) is 46.5 Å². The molecule has 0 saturated carbocycles. The molecule has 0 amide bonds. The molecule has 128 valence electrons. The van der Waals surface area contributed by atoms with Gasteiger partial charge in [-0.05, 0) is 30.7 Å². The van der Waals surface area contributed by atoms with Crippen molar-refractivity contribution in [2.45, 2.75) is 13.0 Å². The SMILES string of the molecule is COc1cc(F)cc(CN=C(N)NCCCN2CCOCC2)c1. The molecule has 1 aromatic rings. The van der Waals surface area contributed by atoms with Crippen molar-refractivity contribution in [3.05, 3.63) is 29.6 Å².